The first kappa shape index (κ1) is 19.0. The summed E-state index contributed by atoms with van der Waals surface area (Å²) in [5.74, 6) is 0.972. The van der Waals surface area contributed by atoms with Crippen LogP contribution in [0.2, 0.25) is 0 Å². The lowest BCUT2D eigenvalue weighted by Crippen LogP contribution is -2.16. The first-order valence-corrected chi connectivity index (χ1v) is 7.71. The first-order valence-electron chi connectivity index (χ1n) is 6.89. The number of halogens is 2. The van der Waals surface area contributed by atoms with Gasteiger partial charge in [0, 0.05) is 31.5 Å². The van der Waals surface area contributed by atoms with E-state index in [1.807, 2.05) is 6.92 Å². The normalized spacial score (nSPS) is 13.3. The van der Waals surface area contributed by atoms with Gasteiger partial charge in [-0.15, -0.1) is 46.3 Å². The van der Waals surface area contributed by atoms with Gasteiger partial charge in [-0.1, -0.05) is 0 Å². The van der Waals surface area contributed by atoms with Gasteiger partial charge in [-0.3, -0.25) is 0 Å². The first-order chi connectivity index (χ1) is 9.83. The molecule has 3 heterocycles. The molecule has 0 saturated heterocycles. The van der Waals surface area contributed by atoms with Crippen molar-refractivity contribution in [3.63, 3.8) is 0 Å². The van der Waals surface area contributed by atoms with Crippen molar-refractivity contribution in [2.75, 3.05) is 25.0 Å². The summed E-state index contributed by atoms with van der Waals surface area (Å²) in [5, 5.41) is 17.1. The van der Waals surface area contributed by atoms with Crippen LogP contribution in [0.25, 0.3) is 0 Å². The predicted molar refractivity (Wildman–Crippen MR) is 93.6 cm³/mol. The Kier molecular flexibility index (Phi) is 7.95. The number of aryl methyl sites for hydroxylation is 1. The minimum absolute atomic E-state index is 0. The van der Waals surface area contributed by atoms with Crippen LogP contribution >= 0.6 is 36.2 Å². The van der Waals surface area contributed by atoms with Gasteiger partial charge in [0.05, 0.1) is 5.69 Å². The van der Waals surface area contributed by atoms with E-state index < -0.39 is 0 Å². The molecule has 0 amide bonds. The monoisotopic (exact) mass is 362 g/mol. The van der Waals surface area contributed by atoms with E-state index in [-0.39, 0.29) is 24.8 Å². The van der Waals surface area contributed by atoms with Crippen LogP contribution in [0.5, 0.6) is 0 Å². The summed E-state index contributed by atoms with van der Waals surface area (Å²) in [6.07, 6.45) is 4.49. The van der Waals surface area contributed by atoms with Crippen molar-refractivity contribution in [3.05, 3.63) is 27.6 Å². The minimum Gasteiger partial charge on any atom is -0.369 e. The second-order valence-corrected chi connectivity index (χ2v) is 6.06. The molecule has 0 atom stereocenters. The molecule has 2 aromatic rings. The summed E-state index contributed by atoms with van der Waals surface area (Å²) in [6, 6.07) is 0. The van der Waals surface area contributed by atoms with Gasteiger partial charge in [-0.25, -0.2) is 9.97 Å². The molecule has 0 spiro atoms. The molecule has 3 rings (SSSR count). The van der Waals surface area contributed by atoms with Gasteiger partial charge < -0.3 is 10.6 Å². The molecule has 9 heteroatoms. The smallest absolute Gasteiger partial charge is 0.132 e. The fourth-order valence-electron chi connectivity index (χ4n) is 2.35. The molecule has 0 radical (unpaired) electrons. The molecular weight excluding hydrogens is 343 g/mol. The largest absolute Gasteiger partial charge is 0.369 e. The lowest BCUT2D eigenvalue weighted by Gasteiger charge is -2.11. The Hall–Kier alpha value is -1.02. The SMILES string of the molecule is Cc1nnc(CCNc2ncnc3c2CCNCC3)s1.Cl.Cl. The standard InChI is InChI=1S/C13H18N6S.2ClH/c1-9-18-19-12(20-9)4-7-15-13-10-2-5-14-6-3-11(10)16-8-17-13;;/h8,14H,2-7H2,1H3,(H,15,16,17);2*1H. The predicted octanol–water partition coefficient (Wildman–Crippen LogP) is 1.82. The fourth-order valence-corrected chi connectivity index (χ4v) is 3.06. The maximum absolute atomic E-state index is 4.40. The summed E-state index contributed by atoms with van der Waals surface area (Å²) < 4.78 is 0. The second-order valence-electron chi connectivity index (χ2n) is 4.79. The Morgan fingerprint density at radius 1 is 1.18 bits per heavy atom. The van der Waals surface area contributed by atoms with E-state index in [0.717, 1.165) is 54.7 Å². The molecule has 0 saturated carbocycles. The van der Waals surface area contributed by atoms with Crippen LogP contribution in [-0.4, -0.2) is 39.8 Å². The lowest BCUT2D eigenvalue weighted by atomic mass is 10.1. The van der Waals surface area contributed by atoms with Crippen LogP contribution in [0.15, 0.2) is 6.33 Å². The summed E-state index contributed by atoms with van der Waals surface area (Å²) in [6.45, 7) is 4.79. The Morgan fingerprint density at radius 3 is 2.77 bits per heavy atom. The maximum Gasteiger partial charge on any atom is 0.132 e. The Bertz CT molecular complexity index is 592. The van der Waals surface area contributed by atoms with Gasteiger partial charge in [0.1, 0.15) is 22.2 Å². The number of aromatic nitrogens is 4. The van der Waals surface area contributed by atoms with Gasteiger partial charge in [0.15, 0.2) is 0 Å². The number of nitrogens with one attached hydrogen (secondary N) is 2. The van der Waals surface area contributed by atoms with Gasteiger partial charge in [-0.2, -0.15) is 0 Å². The highest BCUT2D eigenvalue weighted by molar-refractivity contribution is 7.11. The van der Waals surface area contributed by atoms with Crippen molar-refractivity contribution in [1.82, 2.24) is 25.5 Å². The average molecular weight is 363 g/mol. The van der Waals surface area contributed by atoms with Crippen LogP contribution in [0.3, 0.4) is 0 Å². The zero-order chi connectivity index (χ0) is 13.8. The Morgan fingerprint density at radius 2 is 2.00 bits per heavy atom. The van der Waals surface area contributed by atoms with Crippen LogP contribution in [0, 0.1) is 6.92 Å². The third-order valence-corrected chi connectivity index (χ3v) is 4.22. The van der Waals surface area contributed by atoms with E-state index in [1.165, 1.54) is 11.3 Å². The van der Waals surface area contributed by atoms with Crippen LogP contribution in [0.4, 0.5) is 5.82 Å². The minimum atomic E-state index is 0. The third-order valence-electron chi connectivity index (χ3n) is 3.32. The van der Waals surface area contributed by atoms with Gasteiger partial charge in [-0.05, 0) is 19.9 Å². The van der Waals surface area contributed by atoms with Gasteiger partial charge in [0.2, 0.25) is 0 Å². The highest BCUT2D eigenvalue weighted by Gasteiger charge is 2.13. The number of hydrogen-bond acceptors (Lipinski definition) is 7. The van der Waals surface area contributed by atoms with E-state index in [9.17, 15) is 0 Å². The maximum atomic E-state index is 4.40. The molecule has 0 unspecified atom stereocenters. The molecule has 22 heavy (non-hydrogen) atoms. The number of nitrogens with zero attached hydrogens (tertiary/aromatic N) is 4. The summed E-state index contributed by atoms with van der Waals surface area (Å²) in [5.41, 5.74) is 2.42. The summed E-state index contributed by atoms with van der Waals surface area (Å²) in [7, 11) is 0. The quantitative estimate of drug-likeness (QED) is 0.863. The zero-order valence-corrected chi connectivity index (χ0v) is 14.8. The van der Waals surface area contributed by atoms with Crippen molar-refractivity contribution >= 4 is 42.0 Å². The third kappa shape index (κ3) is 4.74. The topological polar surface area (TPSA) is 75.6 Å². The molecule has 2 N–H and O–H groups in total. The Labute approximate surface area is 146 Å². The van der Waals surface area contributed by atoms with Crippen LogP contribution < -0.4 is 10.6 Å². The number of hydrogen-bond donors (Lipinski definition) is 2. The van der Waals surface area contributed by atoms with E-state index in [2.05, 4.69) is 30.8 Å². The summed E-state index contributed by atoms with van der Waals surface area (Å²) in [4.78, 5) is 8.79. The van der Waals surface area contributed by atoms with E-state index >= 15 is 0 Å². The second kappa shape index (κ2) is 9.19. The molecule has 2 aromatic heterocycles. The molecule has 6 nitrogen and oxygen atoms in total. The fraction of sp³-hybridized carbons (Fsp3) is 0.538. The molecule has 0 aromatic carbocycles. The van der Waals surface area contributed by atoms with Gasteiger partial charge in [0.25, 0.3) is 0 Å². The van der Waals surface area contributed by atoms with Crippen molar-refractivity contribution in [2.24, 2.45) is 0 Å². The molecule has 0 aliphatic carbocycles. The van der Waals surface area contributed by atoms with Crippen LogP contribution in [-0.2, 0) is 19.3 Å². The molecule has 0 bridgehead atoms. The summed E-state index contributed by atoms with van der Waals surface area (Å²) >= 11 is 1.65. The lowest BCUT2D eigenvalue weighted by molar-refractivity contribution is 0.708. The highest BCUT2D eigenvalue weighted by atomic mass is 35.5. The molecular formula is C13H20Cl2N6S. The number of rotatable bonds is 4. The van der Waals surface area contributed by atoms with Crippen molar-refractivity contribution in [1.29, 1.82) is 0 Å². The molecule has 1 aliphatic heterocycles. The average Bonchev–Trinajstić information content (AvgIpc) is 2.73. The van der Waals surface area contributed by atoms with E-state index in [1.54, 1.807) is 17.7 Å². The Balaban J connectivity index is 0.00000121. The number of fused-ring (bicyclic) bond motifs is 1. The van der Waals surface area contributed by atoms with Gasteiger partial charge >= 0.3 is 0 Å². The van der Waals surface area contributed by atoms with Crippen molar-refractivity contribution in [3.8, 4) is 0 Å². The van der Waals surface area contributed by atoms with E-state index in [4.69, 9.17) is 0 Å². The van der Waals surface area contributed by atoms with Crippen molar-refractivity contribution in [2.45, 2.75) is 26.2 Å². The molecule has 1 aliphatic rings. The molecule has 0 fully saturated rings. The number of anilines is 1. The molecule has 122 valence electrons. The van der Waals surface area contributed by atoms with Crippen molar-refractivity contribution < 1.29 is 0 Å². The van der Waals surface area contributed by atoms with E-state index in [0.29, 0.717) is 0 Å². The van der Waals surface area contributed by atoms with Crippen LogP contribution in [0.1, 0.15) is 21.3 Å². The zero-order valence-electron chi connectivity index (χ0n) is 12.3. The highest BCUT2D eigenvalue weighted by Crippen LogP contribution is 2.18.